The van der Waals surface area contributed by atoms with E-state index in [1.807, 2.05) is 0 Å². The number of hydrogen-bond acceptors (Lipinski definition) is 15. The monoisotopic (exact) mass is 1550 g/mol. The molecule has 0 heterocycles. The van der Waals surface area contributed by atoms with E-state index in [0.717, 1.165) is 108 Å². The number of aliphatic hydroxyl groups is 1. The third kappa shape index (κ3) is 78.7. The molecule has 6 atom stereocenters. The second kappa shape index (κ2) is 77.0. The van der Waals surface area contributed by atoms with E-state index < -0.39 is 97.5 Å². The molecule has 0 aliphatic rings. The zero-order valence-electron chi connectivity index (χ0n) is 69.9. The van der Waals surface area contributed by atoms with Gasteiger partial charge in [0.25, 0.3) is 0 Å². The van der Waals surface area contributed by atoms with Crippen LogP contribution in [0.1, 0.15) is 459 Å². The highest BCUT2D eigenvalue weighted by Crippen LogP contribution is 2.45. The van der Waals surface area contributed by atoms with Crippen LogP contribution in [0, 0.1) is 17.8 Å². The maximum Gasteiger partial charge on any atom is 0.472 e. The molecular formula is C87H170O17P2. The Hall–Kier alpha value is -1.94. The maximum atomic E-state index is 13.2. The van der Waals surface area contributed by atoms with Crippen LogP contribution in [0.15, 0.2) is 0 Å². The number of hydrogen-bond donors (Lipinski definition) is 3. The van der Waals surface area contributed by atoms with Gasteiger partial charge in [0.1, 0.15) is 19.3 Å². The minimum absolute atomic E-state index is 0.107. The van der Waals surface area contributed by atoms with Crippen molar-refractivity contribution >= 4 is 39.5 Å². The summed E-state index contributed by atoms with van der Waals surface area (Å²) >= 11 is 0. The first-order valence-electron chi connectivity index (χ1n) is 44.9. The summed E-state index contributed by atoms with van der Waals surface area (Å²) in [6.07, 6.45) is 68.1. The lowest BCUT2D eigenvalue weighted by atomic mass is 9.99. The van der Waals surface area contributed by atoms with E-state index in [0.29, 0.717) is 31.6 Å². The average molecular weight is 1550 g/mol. The number of carbonyl (C=O) groups is 4. The summed E-state index contributed by atoms with van der Waals surface area (Å²) in [5.41, 5.74) is 0. The Morgan fingerprint density at radius 2 is 0.481 bits per heavy atom. The van der Waals surface area contributed by atoms with E-state index in [-0.39, 0.29) is 25.7 Å². The molecular weight excluding hydrogens is 1380 g/mol. The summed E-state index contributed by atoms with van der Waals surface area (Å²) in [6.45, 7) is 12.0. The number of phosphoric ester groups is 2. The van der Waals surface area contributed by atoms with Crippen LogP contribution in [-0.2, 0) is 65.4 Å². The molecule has 3 N–H and O–H groups in total. The molecule has 0 rings (SSSR count). The summed E-state index contributed by atoms with van der Waals surface area (Å²) in [5.74, 6) is 0.245. The lowest BCUT2D eigenvalue weighted by Gasteiger charge is -2.21. The second-order valence-electron chi connectivity index (χ2n) is 32.5. The number of rotatable bonds is 85. The van der Waals surface area contributed by atoms with E-state index >= 15 is 0 Å². The van der Waals surface area contributed by atoms with Crippen LogP contribution in [0.5, 0.6) is 0 Å². The van der Waals surface area contributed by atoms with Crippen LogP contribution in [-0.4, -0.2) is 96.7 Å². The van der Waals surface area contributed by atoms with Gasteiger partial charge in [-0.1, -0.05) is 408 Å². The van der Waals surface area contributed by atoms with Crippen molar-refractivity contribution in [2.45, 2.75) is 478 Å². The molecule has 0 saturated carbocycles. The van der Waals surface area contributed by atoms with E-state index in [4.69, 9.17) is 37.0 Å². The van der Waals surface area contributed by atoms with Crippen LogP contribution < -0.4 is 0 Å². The number of aliphatic hydroxyl groups excluding tert-OH is 1. The van der Waals surface area contributed by atoms with Gasteiger partial charge in [0.15, 0.2) is 12.2 Å². The van der Waals surface area contributed by atoms with Crippen molar-refractivity contribution in [2.75, 3.05) is 39.6 Å². The van der Waals surface area contributed by atoms with Gasteiger partial charge in [0, 0.05) is 25.7 Å². The van der Waals surface area contributed by atoms with Crippen molar-refractivity contribution in [2.24, 2.45) is 17.8 Å². The summed E-state index contributed by atoms with van der Waals surface area (Å²) < 4.78 is 68.9. The molecule has 0 saturated heterocycles. The van der Waals surface area contributed by atoms with E-state index in [1.165, 1.54) is 263 Å². The maximum absolute atomic E-state index is 13.2. The molecule has 0 aromatic rings. The molecule has 0 aliphatic carbocycles. The summed E-state index contributed by atoms with van der Waals surface area (Å²) in [5, 5.41) is 10.7. The lowest BCUT2D eigenvalue weighted by molar-refractivity contribution is -0.161. The topological polar surface area (TPSA) is 237 Å². The molecule has 0 bridgehead atoms. The number of carbonyl (C=O) groups excluding carboxylic acids is 4. The third-order valence-electron chi connectivity index (χ3n) is 20.7. The number of ether oxygens (including phenoxy) is 4. The van der Waals surface area contributed by atoms with Gasteiger partial charge in [-0.3, -0.25) is 37.3 Å². The first-order valence-corrected chi connectivity index (χ1v) is 47.9. The fraction of sp³-hybridized carbons (Fsp3) is 0.954. The van der Waals surface area contributed by atoms with Gasteiger partial charge in [0.2, 0.25) is 0 Å². The van der Waals surface area contributed by atoms with Crippen molar-refractivity contribution in [3.63, 3.8) is 0 Å². The second-order valence-corrected chi connectivity index (χ2v) is 35.4. The van der Waals surface area contributed by atoms with Gasteiger partial charge in [0.05, 0.1) is 26.4 Å². The molecule has 630 valence electrons. The van der Waals surface area contributed by atoms with Gasteiger partial charge in [-0.05, 0) is 43.4 Å². The van der Waals surface area contributed by atoms with E-state index in [2.05, 4.69) is 48.5 Å². The van der Waals surface area contributed by atoms with Crippen LogP contribution in [0.25, 0.3) is 0 Å². The standard InChI is InChI=1S/C87H170O17P2/c1-8-10-11-12-13-14-15-16-17-18-19-20-21-22-23-31-36-41-48-56-63-70-86(91)103-82(74-97-84(89)68-61-54-47-40-35-30-27-25-29-34-39-46-53-60-67-80(7)9-2)76-101-105(93,94)99-72-81(88)73-100-106(95,96)102-77-83(75-98-85(90)69-62-55-50-43-45-52-59-66-79(5)6)104-87(92)71-64-57-49-42-37-32-26-24-28-33-38-44-51-58-65-78(3)4/h78-83,88H,8-77H2,1-7H3,(H,93,94)(H,95,96)/t80?,81-,82-,83-/m1/s1. The molecule has 106 heavy (non-hydrogen) atoms. The van der Waals surface area contributed by atoms with Crippen molar-refractivity contribution in [1.29, 1.82) is 0 Å². The van der Waals surface area contributed by atoms with Gasteiger partial charge in [-0.2, -0.15) is 0 Å². The average Bonchev–Trinajstić information content (AvgIpc) is 0.902. The van der Waals surface area contributed by atoms with Crippen LogP contribution in [0.2, 0.25) is 0 Å². The number of esters is 4. The quantitative estimate of drug-likeness (QED) is 0.0222. The smallest absolute Gasteiger partial charge is 0.462 e. The fourth-order valence-electron chi connectivity index (χ4n) is 13.5. The Balaban J connectivity index is 5.23. The highest BCUT2D eigenvalue weighted by Gasteiger charge is 2.31. The molecule has 0 amide bonds. The minimum atomic E-state index is -4.97. The summed E-state index contributed by atoms with van der Waals surface area (Å²) in [6, 6.07) is 0. The zero-order valence-corrected chi connectivity index (χ0v) is 71.7. The molecule has 0 aromatic carbocycles. The largest absolute Gasteiger partial charge is 0.472 e. The lowest BCUT2D eigenvalue weighted by Crippen LogP contribution is -2.30. The van der Waals surface area contributed by atoms with Gasteiger partial charge in [-0.15, -0.1) is 0 Å². The highest BCUT2D eigenvalue weighted by atomic mass is 31.2. The molecule has 0 spiro atoms. The van der Waals surface area contributed by atoms with Crippen molar-refractivity contribution in [3.8, 4) is 0 Å². The Labute approximate surface area is 651 Å². The van der Waals surface area contributed by atoms with Crippen molar-refractivity contribution in [3.05, 3.63) is 0 Å². The van der Waals surface area contributed by atoms with Crippen molar-refractivity contribution < 1.29 is 80.2 Å². The Bertz CT molecular complexity index is 2050. The summed E-state index contributed by atoms with van der Waals surface area (Å²) in [7, 11) is -9.93. The van der Waals surface area contributed by atoms with Gasteiger partial charge < -0.3 is 33.8 Å². The normalized spacial score (nSPS) is 14.1. The first kappa shape index (κ1) is 104. The van der Waals surface area contributed by atoms with Crippen LogP contribution in [0.3, 0.4) is 0 Å². The predicted octanol–water partition coefficient (Wildman–Crippen LogP) is 26.5. The molecule has 19 heteroatoms. The Morgan fingerprint density at radius 3 is 0.717 bits per heavy atom. The Kier molecular flexibility index (Phi) is 75.6. The van der Waals surface area contributed by atoms with E-state index in [1.54, 1.807) is 0 Å². The van der Waals surface area contributed by atoms with Crippen LogP contribution in [0.4, 0.5) is 0 Å². The number of unbranched alkanes of at least 4 members (excludes halogenated alkanes) is 52. The molecule has 0 aliphatic heterocycles. The predicted molar refractivity (Wildman–Crippen MR) is 437 cm³/mol. The minimum Gasteiger partial charge on any atom is -0.462 e. The molecule has 0 fully saturated rings. The fourth-order valence-corrected chi connectivity index (χ4v) is 15.1. The molecule has 17 nitrogen and oxygen atoms in total. The van der Waals surface area contributed by atoms with Gasteiger partial charge >= 0.3 is 39.5 Å². The van der Waals surface area contributed by atoms with Crippen LogP contribution >= 0.6 is 15.6 Å². The third-order valence-corrected chi connectivity index (χ3v) is 22.6. The van der Waals surface area contributed by atoms with Crippen molar-refractivity contribution in [1.82, 2.24) is 0 Å². The Morgan fingerprint density at radius 1 is 0.274 bits per heavy atom. The molecule has 3 unspecified atom stereocenters. The molecule has 0 radical (unpaired) electrons. The first-order chi connectivity index (χ1) is 51.3. The number of phosphoric acid groups is 2. The van der Waals surface area contributed by atoms with Gasteiger partial charge in [-0.25, -0.2) is 9.13 Å². The summed E-state index contributed by atoms with van der Waals surface area (Å²) in [4.78, 5) is 73.2. The zero-order chi connectivity index (χ0) is 77.9. The SMILES string of the molecule is CCCCCCCCCCCCCCCCCCCCCCCC(=O)O[C@H](COC(=O)CCCCCCCCCCCCCCCCC(C)CC)COP(=O)(O)OC[C@@H](O)COP(=O)(O)OC[C@@H](COC(=O)CCCCCCCCCC(C)C)OC(=O)CCCCCCCCCCCCCCCCC(C)C. The molecule has 0 aromatic heterocycles. The van der Waals surface area contributed by atoms with E-state index in [9.17, 15) is 43.2 Å². The highest BCUT2D eigenvalue weighted by molar-refractivity contribution is 7.47.